The van der Waals surface area contributed by atoms with Gasteiger partial charge in [0.25, 0.3) is 0 Å². The SMILES string of the molecule is Cn1c(C(O)C(=O)O)cc2c(Br)cccc21. The van der Waals surface area contributed by atoms with E-state index in [1.54, 1.807) is 17.7 Å². The zero-order chi connectivity index (χ0) is 11.9. The number of hydrogen-bond donors (Lipinski definition) is 2. The van der Waals surface area contributed by atoms with E-state index in [1.807, 2.05) is 18.2 Å². The molecule has 0 aliphatic carbocycles. The Kier molecular flexibility index (Phi) is 2.73. The summed E-state index contributed by atoms with van der Waals surface area (Å²) in [5, 5.41) is 19.2. The number of fused-ring (bicyclic) bond motifs is 1. The molecule has 0 aliphatic rings. The molecule has 4 nitrogen and oxygen atoms in total. The number of carboxylic acid groups (broad SMARTS) is 1. The number of aryl methyl sites for hydroxylation is 1. The maximum absolute atomic E-state index is 10.7. The molecule has 1 atom stereocenters. The van der Waals surface area contributed by atoms with Crippen molar-refractivity contribution in [1.82, 2.24) is 4.57 Å². The Morgan fingerprint density at radius 2 is 2.19 bits per heavy atom. The fourth-order valence-corrected chi connectivity index (χ4v) is 2.20. The van der Waals surface area contributed by atoms with Crippen molar-refractivity contribution in [1.29, 1.82) is 0 Å². The van der Waals surface area contributed by atoms with E-state index in [4.69, 9.17) is 5.11 Å². The highest BCUT2D eigenvalue weighted by Gasteiger charge is 2.21. The first-order chi connectivity index (χ1) is 7.52. The smallest absolute Gasteiger partial charge is 0.338 e. The van der Waals surface area contributed by atoms with Crippen molar-refractivity contribution in [3.8, 4) is 0 Å². The van der Waals surface area contributed by atoms with Gasteiger partial charge < -0.3 is 14.8 Å². The first-order valence-electron chi connectivity index (χ1n) is 4.67. The van der Waals surface area contributed by atoms with Gasteiger partial charge in [-0.05, 0) is 18.2 Å². The Bertz CT molecular complexity index is 562. The largest absolute Gasteiger partial charge is 0.479 e. The second-order valence-corrected chi connectivity index (χ2v) is 4.40. The van der Waals surface area contributed by atoms with E-state index >= 15 is 0 Å². The van der Waals surface area contributed by atoms with Gasteiger partial charge in [-0.15, -0.1) is 0 Å². The molecule has 2 N–H and O–H groups in total. The second kappa shape index (κ2) is 3.92. The molecule has 1 heterocycles. The minimum atomic E-state index is -1.50. The Morgan fingerprint density at radius 3 is 2.75 bits per heavy atom. The average molecular weight is 284 g/mol. The van der Waals surface area contributed by atoms with E-state index in [0.29, 0.717) is 5.69 Å². The third-order valence-electron chi connectivity index (χ3n) is 2.58. The zero-order valence-electron chi connectivity index (χ0n) is 8.51. The zero-order valence-corrected chi connectivity index (χ0v) is 10.1. The van der Waals surface area contributed by atoms with E-state index in [0.717, 1.165) is 15.4 Å². The van der Waals surface area contributed by atoms with E-state index in [2.05, 4.69) is 15.9 Å². The highest BCUT2D eigenvalue weighted by molar-refractivity contribution is 9.10. The van der Waals surface area contributed by atoms with Gasteiger partial charge in [0, 0.05) is 22.4 Å². The van der Waals surface area contributed by atoms with Crippen LogP contribution < -0.4 is 0 Å². The van der Waals surface area contributed by atoms with Gasteiger partial charge in [-0.1, -0.05) is 22.0 Å². The molecule has 1 aromatic heterocycles. The van der Waals surface area contributed by atoms with E-state index in [-0.39, 0.29) is 0 Å². The van der Waals surface area contributed by atoms with Crippen molar-refractivity contribution in [3.05, 3.63) is 34.4 Å². The fraction of sp³-hybridized carbons (Fsp3) is 0.182. The van der Waals surface area contributed by atoms with Crippen LogP contribution in [-0.4, -0.2) is 20.7 Å². The van der Waals surface area contributed by atoms with Crippen molar-refractivity contribution < 1.29 is 15.0 Å². The Balaban J connectivity index is 2.69. The maximum Gasteiger partial charge on any atom is 0.338 e. The molecule has 0 radical (unpaired) electrons. The topological polar surface area (TPSA) is 62.5 Å². The normalized spacial score (nSPS) is 12.9. The lowest BCUT2D eigenvalue weighted by molar-refractivity contribution is -0.147. The van der Waals surface area contributed by atoms with E-state index in [9.17, 15) is 9.90 Å². The third kappa shape index (κ3) is 1.62. The van der Waals surface area contributed by atoms with Crippen molar-refractivity contribution >= 4 is 32.8 Å². The lowest BCUT2D eigenvalue weighted by Crippen LogP contribution is -2.13. The number of nitrogens with zero attached hydrogens (tertiary/aromatic N) is 1. The number of benzene rings is 1. The molecule has 1 unspecified atom stereocenters. The van der Waals surface area contributed by atoms with Crippen LogP contribution >= 0.6 is 15.9 Å². The van der Waals surface area contributed by atoms with Gasteiger partial charge in [0.2, 0.25) is 0 Å². The number of halogens is 1. The Morgan fingerprint density at radius 1 is 1.50 bits per heavy atom. The lowest BCUT2D eigenvalue weighted by Gasteiger charge is -2.06. The van der Waals surface area contributed by atoms with Gasteiger partial charge >= 0.3 is 5.97 Å². The van der Waals surface area contributed by atoms with Crippen LogP contribution in [0.2, 0.25) is 0 Å². The van der Waals surface area contributed by atoms with Crippen LogP contribution in [0.3, 0.4) is 0 Å². The minimum absolute atomic E-state index is 0.370. The molecule has 1 aromatic carbocycles. The molecule has 2 aromatic rings. The van der Waals surface area contributed by atoms with Gasteiger partial charge in [0.1, 0.15) is 0 Å². The standard InChI is InChI=1S/C11H10BrNO3/c1-13-8-4-2-3-7(12)6(8)5-9(13)10(14)11(15)16/h2-5,10,14H,1H3,(H,15,16). The summed E-state index contributed by atoms with van der Waals surface area (Å²) < 4.78 is 2.56. The molecular weight excluding hydrogens is 274 g/mol. The molecule has 5 heteroatoms. The summed E-state index contributed by atoms with van der Waals surface area (Å²) in [5.74, 6) is -1.25. The van der Waals surface area contributed by atoms with Gasteiger partial charge in [-0.2, -0.15) is 0 Å². The highest BCUT2D eigenvalue weighted by Crippen LogP contribution is 2.29. The molecule has 0 saturated carbocycles. The van der Waals surface area contributed by atoms with Crippen LogP contribution in [0.25, 0.3) is 10.9 Å². The third-order valence-corrected chi connectivity index (χ3v) is 3.28. The Labute approximate surface area is 100 Å². The first-order valence-corrected chi connectivity index (χ1v) is 5.46. The molecule has 0 bridgehead atoms. The number of carbonyl (C=O) groups is 1. The van der Waals surface area contributed by atoms with Crippen molar-refractivity contribution in [2.24, 2.45) is 7.05 Å². The molecule has 2 rings (SSSR count). The van der Waals surface area contributed by atoms with Crippen LogP contribution in [0, 0.1) is 0 Å². The fourth-order valence-electron chi connectivity index (χ4n) is 1.73. The highest BCUT2D eigenvalue weighted by atomic mass is 79.9. The van der Waals surface area contributed by atoms with Gasteiger partial charge in [0.15, 0.2) is 6.10 Å². The number of hydrogen-bond acceptors (Lipinski definition) is 2. The van der Waals surface area contributed by atoms with E-state index < -0.39 is 12.1 Å². The second-order valence-electron chi connectivity index (χ2n) is 3.54. The number of aromatic nitrogens is 1. The maximum atomic E-state index is 10.7. The first kappa shape index (κ1) is 11.2. The molecule has 0 aliphatic heterocycles. The van der Waals surface area contributed by atoms with Gasteiger partial charge in [-0.25, -0.2) is 4.79 Å². The van der Waals surface area contributed by atoms with Crippen molar-refractivity contribution in [3.63, 3.8) is 0 Å². The van der Waals surface area contributed by atoms with Gasteiger partial charge in [0.05, 0.1) is 5.69 Å². The lowest BCUT2D eigenvalue weighted by atomic mass is 10.2. The molecule has 16 heavy (non-hydrogen) atoms. The summed E-state index contributed by atoms with van der Waals surface area (Å²) in [6.45, 7) is 0. The quantitative estimate of drug-likeness (QED) is 0.887. The minimum Gasteiger partial charge on any atom is -0.479 e. The predicted molar refractivity (Wildman–Crippen MR) is 63.2 cm³/mol. The van der Waals surface area contributed by atoms with Crippen LogP contribution in [0.5, 0.6) is 0 Å². The van der Waals surface area contributed by atoms with Crippen LogP contribution in [0.4, 0.5) is 0 Å². The predicted octanol–water partition coefficient (Wildman–Crippen LogP) is 2.06. The van der Waals surface area contributed by atoms with Gasteiger partial charge in [-0.3, -0.25) is 0 Å². The summed E-state index contributed by atoms with van der Waals surface area (Å²) in [7, 11) is 1.73. The summed E-state index contributed by atoms with van der Waals surface area (Å²) in [6, 6.07) is 7.29. The number of aliphatic hydroxyl groups is 1. The molecule has 0 fully saturated rings. The summed E-state index contributed by atoms with van der Waals surface area (Å²) in [4.78, 5) is 10.7. The Hall–Kier alpha value is -1.33. The molecule has 0 saturated heterocycles. The monoisotopic (exact) mass is 283 g/mol. The van der Waals surface area contributed by atoms with E-state index in [1.165, 1.54) is 0 Å². The molecular formula is C11H10BrNO3. The number of aliphatic carboxylic acids is 1. The number of carboxylic acids is 1. The summed E-state index contributed by atoms with van der Waals surface area (Å²) in [5.41, 5.74) is 1.25. The molecule has 0 amide bonds. The number of aliphatic hydroxyl groups excluding tert-OH is 1. The van der Waals surface area contributed by atoms with Crippen molar-refractivity contribution in [2.45, 2.75) is 6.10 Å². The van der Waals surface area contributed by atoms with Crippen LogP contribution in [-0.2, 0) is 11.8 Å². The average Bonchev–Trinajstić information content (AvgIpc) is 2.57. The molecule has 0 spiro atoms. The summed E-state index contributed by atoms with van der Waals surface area (Å²) >= 11 is 3.39. The van der Waals surface area contributed by atoms with Crippen molar-refractivity contribution in [2.75, 3.05) is 0 Å². The molecule has 84 valence electrons. The summed E-state index contributed by atoms with van der Waals surface area (Å²) in [6.07, 6.45) is -1.50. The number of rotatable bonds is 2. The van der Waals surface area contributed by atoms with Crippen LogP contribution in [0.1, 0.15) is 11.8 Å². The van der Waals surface area contributed by atoms with Crippen LogP contribution in [0.15, 0.2) is 28.7 Å².